The molecule has 0 radical (unpaired) electrons. The minimum Gasteiger partial charge on any atom is -0.406 e. The molecule has 1 fully saturated rings. The molecule has 40 heavy (non-hydrogen) atoms. The van der Waals surface area contributed by atoms with Crippen molar-refractivity contribution >= 4 is 21.3 Å². The Morgan fingerprint density at radius 1 is 0.900 bits per heavy atom. The van der Waals surface area contributed by atoms with Crippen molar-refractivity contribution < 1.29 is 40.4 Å². The number of hydrogen-bond acceptors (Lipinski definition) is 5. The molecule has 1 aliphatic rings. The molecule has 6 nitrogen and oxygen atoms in total. The molecule has 4 unspecified atom stereocenters. The standard InChI is InChI=1S/C27H27F6N3O3S/c1-34-40(38,22-16-14-21(15-17-22)39-27(31,32)33)35-23-8-5-9-24(25(23)37)36(19-6-3-2-4-7-19)20-12-10-18(11-13-20)26(28,29)30/h2-4,6-7,10-17,23-25,37H,5,8-9H2,1H3,(H,34,35,38). The van der Waals surface area contributed by atoms with Crippen molar-refractivity contribution in [3.05, 3.63) is 84.4 Å². The summed E-state index contributed by atoms with van der Waals surface area (Å²) in [5.41, 5.74) is 0.280. The summed E-state index contributed by atoms with van der Waals surface area (Å²) < 4.78 is 102. The molecule has 3 aromatic carbocycles. The molecule has 0 saturated heterocycles. The van der Waals surface area contributed by atoms with E-state index in [1.165, 1.54) is 31.3 Å². The lowest BCUT2D eigenvalue weighted by Gasteiger charge is -2.43. The molecule has 0 aromatic heterocycles. The molecule has 0 heterocycles. The van der Waals surface area contributed by atoms with Crippen LogP contribution in [0.3, 0.4) is 0 Å². The van der Waals surface area contributed by atoms with E-state index >= 15 is 0 Å². The van der Waals surface area contributed by atoms with Crippen molar-refractivity contribution in [2.24, 2.45) is 4.36 Å². The van der Waals surface area contributed by atoms with E-state index in [4.69, 9.17) is 0 Å². The SMILES string of the molecule is CN=S(=O)(NC1CCCC(N(c2ccccc2)c2ccc(C(F)(F)F)cc2)C1O)c1ccc(OC(F)(F)F)cc1. The molecule has 4 rings (SSSR count). The van der Waals surface area contributed by atoms with Crippen molar-refractivity contribution in [3.8, 4) is 5.75 Å². The van der Waals surface area contributed by atoms with Crippen LogP contribution in [0.15, 0.2) is 88.1 Å². The highest BCUT2D eigenvalue weighted by atomic mass is 32.2. The van der Waals surface area contributed by atoms with Gasteiger partial charge in [0.25, 0.3) is 0 Å². The van der Waals surface area contributed by atoms with Crippen molar-refractivity contribution in [1.29, 1.82) is 0 Å². The van der Waals surface area contributed by atoms with Crippen LogP contribution in [0, 0.1) is 0 Å². The van der Waals surface area contributed by atoms with E-state index in [9.17, 15) is 35.7 Å². The van der Waals surface area contributed by atoms with Crippen LogP contribution in [0.4, 0.5) is 37.7 Å². The Labute approximate surface area is 227 Å². The largest absolute Gasteiger partial charge is 0.573 e. The minimum absolute atomic E-state index is 0.0986. The van der Waals surface area contributed by atoms with E-state index in [0.29, 0.717) is 30.6 Å². The third-order valence-electron chi connectivity index (χ3n) is 6.61. The number of rotatable bonds is 7. The molecular formula is C27H27F6N3O3S. The third kappa shape index (κ3) is 6.88. The van der Waals surface area contributed by atoms with Crippen molar-refractivity contribution in [2.45, 2.75) is 54.9 Å². The van der Waals surface area contributed by atoms with Crippen LogP contribution in [-0.4, -0.2) is 40.9 Å². The average Bonchev–Trinajstić information content (AvgIpc) is 2.91. The molecule has 1 saturated carbocycles. The maximum Gasteiger partial charge on any atom is 0.573 e. The Bertz CT molecular complexity index is 1390. The van der Waals surface area contributed by atoms with Gasteiger partial charge in [0.1, 0.15) is 15.7 Å². The maximum absolute atomic E-state index is 13.7. The lowest BCUT2D eigenvalue weighted by Crippen LogP contribution is -2.55. The van der Waals surface area contributed by atoms with E-state index in [1.54, 1.807) is 35.2 Å². The Morgan fingerprint density at radius 2 is 1.50 bits per heavy atom. The zero-order valence-electron chi connectivity index (χ0n) is 21.2. The van der Waals surface area contributed by atoms with Gasteiger partial charge in [-0.3, -0.25) is 0 Å². The number of ether oxygens (including phenoxy) is 1. The lowest BCUT2D eigenvalue weighted by atomic mass is 9.87. The first-order chi connectivity index (χ1) is 18.8. The fourth-order valence-electron chi connectivity index (χ4n) is 4.76. The van der Waals surface area contributed by atoms with Gasteiger partial charge in [0.2, 0.25) is 0 Å². The van der Waals surface area contributed by atoms with Gasteiger partial charge in [0, 0.05) is 24.5 Å². The Balaban J connectivity index is 1.62. The first-order valence-electron chi connectivity index (χ1n) is 12.3. The topological polar surface area (TPSA) is 74.2 Å². The Kier molecular flexibility index (Phi) is 8.66. The molecule has 216 valence electrons. The van der Waals surface area contributed by atoms with Gasteiger partial charge in [0.15, 0.2) is 0 Å². The average molecular weight is 588 g/mol. The number of nitrogens with one attached hydrogen (secondary N) is 1. The normalized spacial score (nSPS) is 21.4. The summed E-state index contributed by atoms with van der Waals surface area (Å²) >= 11 is 0. The highest BCUT2D eigenvalue weighted by molar-refractivity contribution is 7.91. The predicted molar refractivity (Wildman–Crippen MR) is 138 cm³/mol. The van der Waals surface area contributed by atoms with E-state index in [0.717, 1.165) is 24.3 Å². The monoisotopic (exact) mass is 587 g/mol. The first kappa shape index (κ1) is 29.7. The van der Waals surface area contributed by atoms with Crippen LogP contribution in [0.2, 0.25) is 0 Å². The molecule has 13 heteroatoms. The number of para-hydroxylation sites is 1. The van der Waals surface area contributed by atoms with Crippen LogP contribution < -0.4 is 14.4 Å². The van der Waals surface area contributed by atoms with E-state index in [-0.39, 0.29) is 4.90 Å². The lowest BCUT2D eigenvalue weighted by molar-refractivity contribution is -0.274. The molecule has 0 aliphatic heterocycles. The smallest absolute Gasteiger partial charge is 0.406 e. The highest BCUT2D eigenvalue weighted by Gasteiger charge is 2.39. The summed E-state index contributed by atoms with van der Waals surface area (Å²) in [5.74, 6) is -0.484. The summed E-state index contributed by atoms with van der Waals surface area (Å²) in [5, 5.41) is 11.5. The number of benzene rings is 3. The third-order valence-corrected chi connectivity index (χ3v) is 8.65. The van der Waals surface area contributed by atoms with Crippen molar-refractivity contribution in [3.63, 3.8) is 0 Å². The second kappa shape index (κ2) is 11.7. The number of halogens is 6. The fourth-order valence-corrected chi connectivity index (χ4v) is 6.38. The molecule has 0 amide bonds. The zero-order valence-corrected chi connectivity index (χ0v) is 22.0. The Morgan fingerprint density at radius 3 is 2.05 bits per heavy atom. The van der Waals surface area contributed by atoms with Crippen LogP contribution >= 0.6 is 0 Å². The number of anilines is 2. The Hall–Kier alpha value is -3.29. The number of aliphatic hydroxyl groups excluding tert-OH is 1. The molecule has 4 atom stereocenters. The molecule has 1 aliphatic carbocycles. The summed E-state index contributed by atoms with van der Waals surface area (Å²) in [4.78, 5) is 1.86. The van der Waals surface area contributed by atoms with Crippen LogP contribution in [-0.2, 0) is 16.1 Å². The first-order valence-corrected chi connectivity index (χ1v) is 13.8. The second-order valence-corrected chi connectivity index (χ2v) is 11.3. The quantitative estimate of drug-likeness (QED) is 0.303. The van der Waals surface area contributed by atoms with Gasteiger partial charge in [-0.1, -0.05) is 18.2 Å². The van der Waals surface area contributed by atoms with Crippen LogP contribution in [0.25, 0.3) is 0 Å². The summed E-state index contributed by atoms with van der Waals surface area (Å²) in [7, 11) is -2.07. The van der Waals surface area contributed by atoms with E-state index < -0.39 is 52.0 Å². The highest BCUT2D eigenvalue weighted by Crippen LogP contribution is 2.37. The molecule has 0 spiro atoms. The van der Waals surface area contributed by atoms with Gasteiger partial charge in [-0.15, -0.1) is 13.2 Å². The number of hydrogen-bond donors (Lipinski definition) is 2. The summed E-state index contributed by atoms with van der Waals surface area (Å²) in [6.45, 7) is 0. The number of aliphatic hydroxyl groups is 1. The van der Waals surface area contributed by atoms with Gasteiger partial charge < -0.3 is 14.7 Å². The van der Waals surface area contributed by atoms with Crippen molar-refractivity contribution in [1.82, 2.24) is 4.72 Å². The zero-order chi connectivity index (χ0) is 29.1. The molecular weight excluding hydrogens is 560 g/mol. The fraction of sp³-hybridized carbons (Fsp3) is 0.333. The molecule has 2 N–H and O–H groups in total. The molecule has 0 bridgehead atoms. The van der Waals surface area contributed by atoms with Gasteiger partial charge in [-0.25, -0.2) is 13.3 Å². The number of nitrogens with zero attached hydrogens (tertiary/aromatic N) is 2. The van der Waals surface area contributed by atoms with Gasteiger partial charge in [-0.05, 0) is 79.9 Å². The summed E-state index contributed by atoms with van der Waals surface area (Å²) in [6.07, 6.45) is -9.03. The maximum atomic E-state index is 13.7. The van der Waals surface area contributed by atoms with Crippen LogP contribution in [0.1, 0.15) is 24.8 Å². The van der Waals surface area contributed by atoms with Crippen molar-refractivity contribution in [2.75, 3.05) is 11.9 Å². The second-order valence-electron chi connectivity index (χ2n) is 9.19. The molecule has 3 aromatic rings. The van der Waals surface area contributed by atoms with E-state index in [1.807, 2.05) is 0 Å². The van der Waals surface area contributed by atoms with Gasteiger partial charge >= 0.3 is 12.5 Å². The van der Waals surface area contributed by atoms with E-state index in [2.05, 4.69) is 13.8 Å². The summed E-state index contributed by atoms with van der Waals surface area (Å²) in [6, 6.07) is 16.6. The van der Waals surface area contributed by atoms with Crippen LogP contribution in [0.5, 0.6) is 5.75 Å². The van der Waals surface area contributed by atoms with Gasteiger partial charge in [-0.2, -0.15) is 13.2 Å². The van der Waals surface area contributed by atoms with Gasteiger partial charge in [0.05, 0.1) is 22.6 Å². The number of alkyl halides is 6. The predicted octanol–water partition coefficient (Wildman–Crippen LogP) is 6.69. The minimum atomic E-state index is -4.88.